The smallest absolute Gasteiger partial charge is 0.358 e. The fraction of sp³-hybridized carbons (Fsp3) is 0.625. The molecular formula is C8H10BrN3O2. The van der Waals surface area contributed by atoms with E-state index in [2.05, 4.69) is 21.0 Å². The minimum absolute atomic E-state index is 0.0862. The number of aromatic nitrogens is 2. The Kier molecular flexibility index (Phi) is 2.54. The highest BCUT2D eigenvalue weighted by Gasteiger charge is 2.25. The van der Waals surface area contributed by atoms with Crippen LogP contribution in [0.25, 0.3) is 0 Å². The van der Waals surface area contributed by atoms with Gasteiger partial charge in [-0.1, -0.05) is 12.8 Å². The Labute approximate surface area is 89.4 Å². The zero-order valence-corrected chi connectivity index (χ0v) is 9.11. The van der Waals surface area contributed by atoms with Crippen molar-refractivity contribution in [1.82, 2.24) is 9.78 Å². The minimum Gasteiger partial charge on any atom is -0.358 e. The van der Waals surface area contributed by atoms with E-state index in [0.29, 0.717) is 10.5 Å². The molecular weight excluding hydrogens is 250 g/mol. The van der Waals surface area contributed by atoms with Gasteiger partial charge in [0.25, 0.3) is 0 Å². The highest BCUT2D eigenvalue weighted by atomic mass is 79.9. The molecule has 1 aliphatic carbocycles. The molecule has 2 rings (SSSR count). The molecule has 76 valence electrons. The maximum atomic E-state index is 10.5. The molecule has 1 heterocycles. The molecule has 0 unspecified atom stereocenters. The summed E-state index contributed by atoms with van der Waals surface area (Å²) in [6.45, 7) is 0. The summed E-state index contributed by atoms with van der Waals surface area (Å²) >= 11 is 3.14. The molecule has 1 aliphatic rings. The lowest BCUT2D eigenvalue weighted by Gasteiger charge is -2.03. The highest BCUT2D eigenvalue weighted by Crippen LogP contribution is 2.32. The van der Waals surface area contributed by atoms with Crippen LogP contribution >= 0.6 is 15.9 Å². The van der Waals surface area contributed by atoms with Crippen LogP contribution in [0.3, 0.4) is 0 Å². The molecule has 14 heavy (non-hydrogen) atoms. The van der Waals surface area contributed by atoms with E-state index in [0.717, 1.165) is 12.8 Å². The number of nitrogens with zero attached hydrogens (tertiary/aromatic N) is 3. The van der Waals surface area contributed by atoms with Crippen molar-refractivity contribution in [3.63, 3.8) is 0 Å². The summed E-state index contributed by atoms with van der Waals surface area (Å²) in [4.78, 5) is 10.1. The molecule has 0 aromatic carbocycles. The molecule has 0 bridgehead atoms. The van der Waals surface area contributed by atoms with Crippen LogP contribution in [0.5, 0.6) is 0 Å². The Morgan fingerprint density at radius 2 is 2.21 bits per heavy atom. The van der Waals surface area contributed by atoms with Gasteiger partial charge in [0, 0.05) is 0 Å². The van der Waals surface area contributed by atoms with Crippen molar-refractivity contribution < 1.29 is 4.92 Å². The molecule has 1 aromatic rings. The average molecular weight is 260 g/mol. The summed E-state index contributed by atoms with van der Waals surface area (Å²) in [5.41, 5.74) is 0. The van der Waals surface area contributed by atoms with Gasteiger partial charge >= 0.3 is 5.82 Å². The van der Waals surface area contributed by atoms with Crippen LogP contribution < -0.4 is 0 Å². The lowest BCUT2D eigenvalue weighted by atomic mass is 10.3. The lowest BCUT2D eigenvalue weighted by molar-refractivity contribution is -0.390. The molecule has 1 aromatic heterocycles. The largest absolute Gasteiger partial charge is 0.404 e. The summed E-state index contributed by atoms with van der Waals surface area (Å²) in [7, 11) is 0. The van der Waals surface area contributed by atoms with Gasteiger partial charge in [-0.2, -0.15) is 4.68 Å². The number of nitro groups is 1. The zero-order chi connectivity index (χ0) is 10.1. The molecule has 0 radical (unpaired) electrons. The summed E-state index contributed by atoms with van der Waals surface area (Å²) in [5, 5.41) is 14.5. The van der Waals surface area contributed by atoms with Gasteiger partial charge in [-0.3, -0.25) is 0 Å². The summed E-state index contributed by atoms with van der Waals surface area (Å²) < 4.78 is 2.18. The summed E-state index contributed by atoms with van der Waals surface area (Å²) in [6.07, 6.45) is 6.23. The zero-order valence-electron chi connectivity index (χ0n) is 7.52. The molecule has 1 saturated carbocycles. The first kappa shape index (κ1) is 9.64. The van der Waals surface area contributed by atoms with Crippen LogP contribution in [0, 0.1) is 10.1 Å². The van der Waals surface area contributed by atoms with Gasteiger partial charge in [0.2, 0.25) is 0 Å². The number of rotatable bonds is 2. The molecule has 0 N–H and O–H groups in total. The monoisotopic (exact) mass is 259 g/mol. The molecule has 0 atom stereocenters. The van der Waals surface area contributed by atoms with Crippen molar-refractivity contribution in [3.8, 4) is 0 Å². The van der Waals surface area contributed by atoms with Gasteiger partial charge < -0.3 is 10.1 Å². The maximum Gasteiger partial charge on any atom is 0.404 e. The highest BCUT2D eigenvalue weighted by molar-refractivity contribution is 9.10. The van der Waals surface area contributed by atoms with Crippen LogP contribution in [-0.2, 0) is 0 Å². The van der Waals surface area contributed by atoms with E-state index in [9.17, 15) is 10.1 Å². The first-order valence-electron chi connectivity index (χ1n) is 4.57. The van der Waals surface area contributed by atoms with Crippen molar-refractivity contribution in [2.75, 3.05) is 0 Å². The number of hydrogen-bond donors (Lipinski definition) is 0. The van der Waals surface area contributed by atoms with Gasteiger partial charge in [-0.25, -0.2) is 0 Å². The van der Waals surface area contributed by atoms with E-state index in [1.54, 1.807) is 10.9 Å². The van der Waals surface area contributed by atoms with E-state index in [1.165, 1.54) is 12.8 Å². The van der Waals surface area contributed by atoms with E-state index in [1.807, 2.05) is 0 Å². The van der Waals surface area contributed by atoms with Crippen LogP contribution in [0.1, 0.15) is 31.7 Å². The summed E-state index contributed by atoms with van der Waals surface area (Å²) in [6, 6.07) is 0.347. The van der Waals surface area contributed by atoms with E-state index in [-0.39, 0.29) is 5.82 Å². The van der Waals surface area contributed by atoms with Crippen molar-refractivity contribution >= 4 is 21.7 Å². The average Bonchev–Trinajstić information content (AvgIpc) is 2.70. The molecule has 1 fully saturated rings. The lowest BCUT2D eigenvalue weighted by Crippen LogP contribution is -2.05. The first-order valence-corrected chi connectivity index (χ1v) is 5.37. The fourth-order valence-corrected chi connectivity index (χ4v) is 2.27. The predicted octanol–water partition coefficient (Wildman–Crippen LogP) is 2.67. The predicted molar refractivity (Wildman–Crippen MR) is 54.1 cm³/mol. The second kappa shape index (κ2) is 3.68. The van der Waals surface area contributed by atoms with Gasteiger partial charge in [0.15, 0.2) is 0 Å². The second-order valence-corrected chi connectivity index (χ2v) is 4.33. The Bertz CT molecular complexity index is 357. The van der Waals surface area contributed by atoms with Gasteiger partial charge in [-0.15, -0.1) is 0 Å². The molecule has 0 spiro atoms. The SMILES string of the molecule is O=[N+]([O-])c1nn(C2CCCC2)cc1Br. The molecule has 6 heteroatoms. The maximum absolute atomic E-state index is 10.5. The third-order valence-electron chi connectivity index (χ3n) is 2.54. The molecule has 0 aliphatic heterocycles. The Balaban J connectivity index is 2.27. The topological polar surface area (TPSA) is 61.0 Å². The Hall–Kier alpha value is -0.910. The van der Waals surface area contributed by atoms with Crippen LogP contribution in [0.4, 0.5) is 5.82 Å². The summed E-state index contributed by atoms with van der Waals surface area (Å²) in [5.74, 6) is -0.0862. The number of hydrogen-bond acceptors (Lipinski definition) is 3. The minimum atomic E-state index is -0.463. The molecule has 0 saturated heterocycles. The first-order chi connectivity index (χ1) is 6.68. The van der Waals surface area contributed by atoms with Crippen LogP contribution in [0.2, 0.25) is 0 Å². The van der Waals surface area contributed by atoms with Crippen LogP contribution in [-0.4, -0.2) is 14.7 Å². The Morgan fingerprint density at radius 1 is 1.57 bits per heavy atom. The van der Waals surface area contributed by atoms with Crippen molar-refractivity contribution in [2.45, 2.75) is 31.7 Å². The fourth-order valence-electron chi connectivity index (χ4n) is 1.84. The molecule has 0 amide bonds. The number of halogens is 1. The van der Waals surface area contributed by atoms with Crippen LogP contribution in [0.15, 0.2) is 10.7 Å². The molecule has 5 nitrogen and oxygen atoms in total. The van der Waals surface area contributed by atoms with Crippen molar-refractivity contribution in [2.24, 2.45) is 0 Å². The van der Waals surface area contributed by atoms with Crippen molar-refractivity contribution in [1.29, 1.82) is 0 Å². The Morgan fingerprint density at radius 3 is 2.71 bits per heavy atom. The van der Waals surface area contributed by atoms with E-state index in [4.69, 9.17) is 0 Å². The second-order valence-electron chi connectivity index (χ2n) is 3.48. The van der Waals surface area contributed by atoms with Gasteiger partial charge in [-0.05, 0) is 33.7 Å². The van der Waals surface area contributed by atoms with Gasteiger partial charge in [0.05, 0.1) is 17.3 Å². The quantitative estimate of drug-likeness (QED) is 0.606. The van der Waals surface area contributed by atoms with E-state index < -0.39 is 4.92 Å². The van der Waals surface area contributed by atoms with Crippen molar-refractivity contribution in [3.05, 3.63) is 20.8 Å². The third kappa shape index (κ3) is 1.66. The van der Waals surface area contributed by atoms with E-state index >= 15 is 0 Å². The van der Waals surface area contributed by atoms with Gasteiger partial charge in [0.1, 0.15) is 4.47 Å². The normalized spacial score (nSPS) is 17.5. The third-order valence-corrected chi connectivity index (χ3v) is 3.10. The standard InChI is InChI=1S/C8H10BrN3O2/c9-7-5-11(6-3-1-2-4-6)10-8(7)12(13)14/h5-6H,1-4H2.